The van der Waals surface area contributed by atoms with Gasteiger partial charge >= 0.3 is 0 Å². The summed E-state index contributed by atoms with van der Waals surface area (Å²) in [5, 5.41) is 3.68. The summed E-state index contributed by atoms with van der Waals surface area (Å²) in [7, 11) is 0. The molecule has 2 heterocycles. The Morgan fingerprint density at radius 3 is 2.53 bits per heavy atom. The molecular formula is C15H20BrNS2. The summed E-state index contributed by atoms with van der Waals surface area (Å²) in [6.07, 6.45) is 2.28. The van der Waals surface area contributed by atoms with Gasteiger partial charge in [0.05, 0.1) is 6.04 Å². The van der Waals surface area contributed by atoms with Gasteiger partial charge in [0, 0.05) is 24.0 Å². The molecule has 1 unspecified atom stereocenters. The van der Waals surface area contributed by atoms with Crippen LogP contribution in [0.4, 0.5) is 0 Å². The van der Waals surface area contributed by atoms with Crippen LogP contribution in [0.15, 0.2) is 22.7 Å². The van der Waals surface area contributed by atoms with E-state index in [2.05, 4.69) is 60.2 Å². The lowest BCUT2D eigenvalue weighted by Gasteiger charge is -2.15. The molecule has 104 valence electrons. The van der Waals surface area contributed by atoms with E-state index in [0.29, 0.717) is 6.04 Å². The Kier molecular flexibility index (Phi) is 5.63. The Bertz CT molecular complexity index is 510. The van der Waals surface area contributed by atoms with Crippen molar-refractivity contribution in [3.8, 4) is 0 Å². The standard InChI is InChI=1S/C15H20BrNS2/c1-4-8-17-15(13-7-6-11(5-2)19-13)14-9-12(16)10(3)18-14/h6-7,9,15,17H,4-5,8H2,1-3H3. The minimum atomic E-state index is 0.347. The van der Waals surface area contributed by atoms with Crippen molar-refractivity contribution in [2.45, 2.75) is 39.7 Å². The van der Waals surface area contributed by atoms with E-state index in [1.807, 2.05) is 22.7 Å². The predicted octanol–water partition coefficient (Wildman–Crippen LogP) is 5.53. The van der Waals surface area contributed by atoms with Gasteiger partial charge in [-0.2, -0.15) is 0 Å². The van der Waals surface area contributed by atoms with Crippen LogP contribution in [0.2, 0.25) is 0 Å². The fourth-order valence-electron chi connectivity index (χ4n) is 1.99. The third-order valence-corrected chi connectivity index (χ3v) is 6.57. The molecule has 0 aliphatic rings. The monoisotopic (exact) mass is 357 g/mol. The van der Waals surface area contributed by atoms with Crippen LogP contribution in [0.5, 0.6) is 0 Å². The molecule has 0 spiro atoms. The Morgan fingerprint density at radius 2 is 2.00 bits per heavy atom. The molecule has 0 radical (unpaired) electrons. The van der Waals surface area contributed by atoms with Crippen LogP contribution < -0.4 is 5.32 Å². The van der Waals surface area contributed by atoms with Crippen molar-refractivity contribution in [3.05, 3.63) is 42.2 Å². The number of thiophene rings is 2. The van der Waals surface area contributed by atoms with Crippen LogP contribution in [0.25, 0.3) is 0 Å². The molecule has 2 rings (SSSR count). The van der Waals surface area contributed by atoms with Crippen molar-refractivity contribution < 1.29 is 0 Å². The Hall–Kier alpha value is -0.160. The summed E-state index contributed by atoms with van der Waals surface area (Å²) in [6, 6.07) is 7.15. The SMILES string of the molecule is CCCNC(c1ccc(CC)s1)c1cc(Br)c(C)s1. The molecule has 0 saturated heterocycles. The average Bonchev–Trinajstić information content (AvgIpc) is 2.98. The van der Waals surface area contributed by atoms with Gasteiger partial charge in [-0.05, 0) is 60.4 Å². The van der Waals surface area contributed by atoms with Gasteiger partial charge < -0.3 is 5.32 Å². The smallest absolute Gasteiger partial charge is 0.0765 e. The minimum absolute atomic E-state index is 0.347. The number of aryl methyl sites for hydroxylation is 2. The van der Waals surface area contributed by atoms with Crippen LogP contribution >= 0.6 is 38.6 Å². The maximum Gasteiger partial charge on any atom is 0.0765 e. The van der Waals surface area contributed by atoms with Crippen LogP contribution in [0, 0.1) is 6.92 Å². The molecule has 2 aromatic heterocycles. The fraction of sp³-hybridized carbons (Fsp3) is 0.467. The van der Waals surface area contributed by atoms with Crippen molar-refractivity contribution >= 4 is 38.6 Å². The number of hydrogen-bond acceptors (Lipinski definition) is 3. The van der Waals surface area contributed by atoms with Crippen molar-refractivity contribution in [1.29, 1.82) is 0 Å². The van der Waals surface area contributed by atoms with Crippen molar-refractivity contribution in [2.24, 2.45) is 0 Å². The van der Waals surface area contributed by atoms with Gasteiger partial charge in [0.1, 0.15) is 0 Å². The lowest BCUT2D eigenvalue weighted by Crippen LogP contribution is -2.21. The van der Waals surface area contributed by atoms with E-state index in [9.17, 15) is 0 Å². The maximum absolute atomic E-state index is 3.68. The van der Waals surface area contributed by atoms with Gasteiger partial charge in [-0.1, -0.05) is 13.8 Å². The predicted molar refractivity (Wildman–Crippen MR) is 90.6 cm³/mol. The summed E-state index contributed by atoms with van der Waals surface area (Å²) in [4.78, 5) is 5.65. The summed E-state index contributed by atoms with van der Waals surface area (Å²) in [5.74, 6) is 0. The molecular weight excluding hydrogens is 338 g/mol. The number of nitrogens with one attached hydrogen (secondary N) is 1. The highest BCUT2D eigenvalue weighted by Crippen LogP contribution is 2.36. The largest absolute Gasteiger partial charge is 0.305 e. The molecule has 4 heteroatoms. The lowest BCUT2D eigenvalue weighted by atomic mass is 10.2. The third kappa shape index (κ3) is 3.69. The van der Waals surface area contributed by atoms with E-state index in [-0.39, 0.29) is 0 Å². The summed E-state index contributed by atoms with van der Waals surface area (Å²) >= 11 is 7.44. The van der Waals surface area contributed by atoms with Gasteiger partial charge in [-0.15, -0.1) is 22.7 Å². The number of rotatable bonds is 6. The van der Waals surface area contributed by atoms with Gasteiger partial charge in [0.2, 0.25) is 0 Å². The molecule has 0 amide bonds. The average molecular weight is 358 g/mol. The minimum Gasteiger partial charge on any atom is -0.305 e. The van der Waals surface area contributed by atoms with Gasteiger partial charge in [0.25, 0.3) is 0 Å². The third-order valence-electron chi connectivity index (χ3n) is 3.07. The van der Waals surface area contributed by atoms with E-state index < -0.39 is 0 Å². The van der Waals surface area contributed by atoms with E-state index >= 15 is 0 Å². The molecule has 0 fully saturated rings. The second kappa shape index (κ2) is 7.02. The Labute approximate surface area is 132 Å². The summed E-state index contributed by atoms with van der Waals surface area (Å²) < 4.78 is 1.23. The van der Waals surface area contributed by atoms with E-state index in [0.717, 1.165) is 19.4 Å². The molecule has 19 heavy (non-hydrogen) atoms. The molecule has 0 bridgehead atoms. The van der Waals surface area contributed by atoms with Gasteiger partial charge in [-0.25, -0.2) is 0 Å². The number of hydrogen-bond donors (Lipinski definition) is 1. The molecule has 0 saturated carbocycles. The van der Waals surface area contributed by atoms with E-state index in [1.165, 1.54) is 24.0 Å². The van der Waals surface area contributed by atoms with Crippen LogP contribution in [-0.2, 0) is 6.42 Å². The zero-order chi connectivity index (χ0) is 13.8. The zero-order valence-electron chi connectivity index (χ0n) is 11.6. The molecule has 2 aromatic rings. The van der Waals surface area contributed by atoms with E-state index in [4.69, 9.17) is 0 Å². The molecule has 0 aliphatic carbocycles. The highest BCUT2D eigenvalue weighted by atomic mass is 79.9. The Balaban J connectivity index is 2.29. The molecule has 1 nitrogen and oxygen atoms in total. The second-order valence-electron chi connectivity index (χ2n) is 4.60. The van der Waals surface area contributed by atoms with Crippen molar-refractivity contribution in [2.75, 3.05) is 6.54 Å². The summed E-state index contributed by atoms with van der Waals surface area (Å²) in [6.45, 7) is 7.65. The van der Waals surface area contributed by atoms with Crippen LogP contribution in [-0.4, -0.2) is 6.54 Å². The first-order chi connectivity index (χ1) is 9.15. The van der Waals surface area contributed by atoms with Crippen molar-refractivity contribution in [3.63, 3.8) is 0 Å². The zero-order valence-corrected chi connectivity index (χ0v) is 14.8. The van der Waals surface area contributed by atoms with E-state index in [1.54, 1.807) is 0 Å². The van der Waals surface area contributed by atoms with Crippen LogP contribution in [0.1, 0.15) is 45.8 Å². The lowest BCUT2D eigenvalue weighted by molar-refractivity contribution is 0.613. The van der Waals surface area contributed by atoms with Gasteiger partial charge in [-0.3, -0.25) is 0 Å². The topological polar surface area (TPSA) is 12.0 Å². The first-order valence-electron chi connectivity index (χ1n) is 6.73. The Morgan fingerprint density at radius 1 is 1.21 bits per heavy atom. The highest BCUT2D eigenvalue weighted by molar-refractivity contribution is 9.10. The second-order valence-corrected chi connectivity index (χ2v) is 7.94. The first kappa shape index (κ1) is 15.2. The number of halogens is 1. The quantitative estimate of drug-likeness (QED) is 0.716. The molecule has 1 N–H and O–H groups in total. The highest BCUT2D eigenvalue weighted by Gasteiger charge is 2.18. The summed E-state index contributed by atoms with van der Waals surface area (Å²) in [5.41, 5.74) is 0. The first-order valence-corrected chi connectivity index (χ1v) is 9.16. The maximum atomic E-state index is 3.68. The van der Waals surface area contributed by atoms with Gasteiger partial charge in [0.15, 0.2) is 0 Å². The van der Waals surface area contributed by atoms with Crippen LogP contribution in [0.3, 0.4) is 0 Å². The normalized spacial score (nSPS) is 12.8. The molecule has 0 aromatic carbocycles. The molecule has 1 atom stereocenters. The molecule has 0 aliphatic heterocycles. The fourth-order valence-corrected chi connectivity index (χ4v) is 4.77. The van der Waals surface area contributed by atoms with Crippen molar-refractivity contribution in [1.82, 2.24) is 5.32 Å².